The van der Waals surface area contributed by atoms with Crippen molar-refractivity contribution in [2.75, 3.05) is 32.7 Å². The van der Waals surface area contributed by atoms with Crippen molar-refractivity contribution in [3.8, 4) is 0 Å². The SMILES string of the molecule is O=C(CCc1ccc(S(=O)(=O)N2CCCCC2)cc1)NCCCN1CCCCCC1=O. The van der Waals surface area contributed by atoms with E-state index in [9.17, 15) is 18.0 Å². The number of carbonyl (C=O) groups is 2. The lowest BCUT2D eigenvalue weighted by Gasteiger charge is -2.25. The molecule has 2 amide bonds. The first kappa shape index (κ1) is 23.7. The molecule has 0 unspecified atom stereocenters. The Morgan fingerprint density at radius 2 is 1.61 bits per heavy atom. The Hall–Kier alpha value is -1.93. The molecule has 0 aromatic heterocycles. The van der Waals surface area contributed by atoms with Crippen LogP contribution in [0.5, 0.6) is 0 Å². The Morgan fingerprint density at radius 3 is 2.35 bits per heavy atom. The predicted molar refractivity (Wildman–Crippen MR) is 120 cm³/mol. The van der Waals surface area contributed by atoms with Crippen LogP contribution in [-0.2, 0) is 26.0 Å². The number of hydrogen-bond acceptors (Lipinski definition) is 4. The first-order valence-electron chi connectivity index (χ1n) is 11.6. The Balaban J connectivity index is 1.37. The van der Waals surface area contributed by atoms with Gasteiger partial charge in [-0.05, 0) is 56.2 Å². The average molecular weight is 450 g/mol. The number of amides is 2. The fraction of sp³-hybridized carbons (Fsp3) is 0.652. The normalized spacial score (nSPS) is 18.6. The molecule has 0 spiro atoms. The number of sulfonamides is 1. The van der Waals surface area contributed by atoms with Gasteiger partial charge in [0.1, 0.15) is 0 Å². The van der Waals surface area contributed by atoms with Crippen LogP contribution in [0.15, 0.2) is 29.2 Å². The summed E-state index contributed by atoms with van der Waals surface area (Å²) in [4.78, 5) is 26.3. The molecule has 2 saturated heterocycles. The molecule has 1 aromatic carbocycles. The van der Waals surface area contributed by atoms with E-state index in [2.05, 4.69) is 5.32 Å². The molecule has 1 N–H and O–H groups in total. The predicted octanol–water partition coefficient (Wildman–Crippen LogP) is 2.70. The van der Waals surface area contributed by atoms with Crippen LogP contribution in [0, 0.1) is 0 Å². The summed E-state index contributed by atoms with van der Waals surface area (Å²) in [7, 11) is -3.41. The molecule has 0 atom stereocenters. The quantitative estimate of drug-likeness (QED) is 0.587. The van der Waals surface area contributed by atoms with Gasteiger partial charge in [0.2, 0.25) is 21.8 Å². The Bertz CT molecular complexity index is 833. The molecule has 0 radical (unpaired) electrons. The van der Waals surface area contributed by atoms with E-state index in [0.717, 1.165) is 57.1 Å². The molecule has 0 saturated carbocycles. The van der Waals surface area contributed by atoms with Crippen LogP contribution in [0.4, 0.5) is 0 Å². The number of rotatable bonds is 9. The van der Waals surface area contributed by atoms with Gasteiger partial charge in [-0.2, -0.15) is 4.31 Å². The molecule has 2 fully saturated rings. The van der Waals surface area contributed by atoms with Gasteiger partial charge >= 0.3 is 0 Å². The summed E-state index contributed by atoms with van der Waals surface area (Å²) in [6.45, 7) is 3.28. The molecule has 172 valence electrons. The number of carbonyl (C=O) groups excluding carboxylic acids is 2. The molecule has 2 aliphatic heterocycles. The highest BCUT2D eigenvalue weighted by molar-refractivity contribution is 7.89. The summed E-state index contributed by atoms with van der Waals surface area (Å²) in [5.41, 5.74) is 0.947. The highest BCUT2D eigenvalue weighted by Crippen LogP contribution is 2.21. The van der Waals surface area contributed by atoms with E-state index in [-0.39, 0.29) is 11.8 Å². The largest absolute Gasteiger partial charge is 0.356 e. The fourth-order valence-corrected chi connectivity index (χ4v) is 5.72. The highest BCUT2D eigenvalue weighted by Gasteiger charge is 2.25. The van der Waals surface area contributed by atoms with E-state index in [1.165, 1.54) is 0 Å². The third kappa shape index (κ3) is 7.04. The van der Waals surface area contributed by atoms with Crippen molar-refractivity contribution in [2.24, 2.45) is 0 Å². The first-order valence-corrected chi connectivity index (χ1v) is 13.0. The lowest BCUT2D eigenvalue weighted by Crippen LogP contribution is -2.35. The van der Waals surface area contributed by atoms with Gasteiger partial charge in [-0.15, -0.1) is 0 Å². The average Bonchev–Trinajstić information content (AvgIpc) is 3.00. The van der Waals surface area contributed by atoms with Crippen molar-refractivity contribution in [3.05, 3.63) is 29.8 Å². The number of hydrogen-bond donors (Lipinski definition) is 1. The molecular formula is C23H35N3O4S. The zero-order valence-electron chi connectivity index (χ0n) is 18.4. The Labute approximate surface area is 186 Å². The Kier molecular flexibility index (Phi) is 8.90. The minimum Gasteiger partial charge on any atom is -0.356 e. The summed E-state index contributed by atoms with van der Waals surface area (Å²) in [6.07, 6.45) is 8.43. The summed E-state index contributed by atoms with van der Waals surface area (Å²) < 4.78 is 27.0. The summed E-state index contributed by atoms with van der Waals surface area (Å²) in [5.74, 6) is 0.210. The maximum atomic E-state index is 12.7. The number of nitrogens with zero attached hydrogens (tertiary/aromatic N) is 2. The van der Waals surface area contributed by atoms with Crippen molar-refractivity contribution < 1.29 is 18.0 Å². The van der Waals surface area contributed by atoms with Crippen LogP contribution in [0.2, 0.25) is 0 Å². The minimum atomic E-state index is -3.41. The van der Waals surface area contributed by atoms with Gasteiger partial charge in [0.15, 0.2) is 0 Å². The summed E-state index contributed by atoms with van der Waals surface area (Å²) in [6, 6.07) is 6.90. The van der Waals surface area contributed by atoms with E-state index < -0.39 is 10.0 Å². The molecule has 0 bridgehead atoms. The van der Waals surface area contributed by atoms with E-state index in [0.29, 0.717) is 50.3 Å². The maximum Gasteiger partial charge on any atom is 0.243 e. The molecule has 8 heteroatoms. The molecular weight excluding hydrogens is 414 g/mol. The van der Waals surface area contributed by atoms with Crippen molar-refractivity contribution in [1.29, 1.82) is 0 Å². The van der Waals surface area contributed by atoms with Gasteiger partial charge in [0, 0.05) is 45.6 Å². The highest BCUT2D eigenvalue weighted by atomic mass is 32.2. The second kappa shape index (κ2) is 11.6. The smallest absolute Gasteiger partial charge is 0.243 e. The van der Waals surface area contributed by atoms with Gasteiger partial charge < -0.3 is 10.2 Å². The molecule has 7 nitrogen and oxygen atoms in total. The third-order valence-electron chi connectivity index (χ3n) is 6.12. The maximum absolute atomic E-state index is 12.7. The summed E-state index contributed by atoms with van der Waals surface area (Å²) >= 11 is 0. The monoisotopic (exact) mass is 449 g/mol. The van der Waals surface area contributed by atoms with Crippen LogP contribution in [0.3, 0.4) is 0 Å². The van der Waals surface area contributed by atoms with Gasteiger partial charge in [-0.25, -0.2) is 8.42 Å². The van der Waals surface area contributed by atoms with E-state index in [1.54, 1.807) is 28.6 Å². The van der Waals surface area contributed by atoms with Crippen molar-refractivity contribution in [3.63, 3.8) is 0 Å². The number of piperidine rings is 1. The zero-order valence-corrected chi connectivity index (χ0v) is 19.2. The van der Waals surface area contributed by atoms with Gasteiger partial charge in [-0.1, -0.05) is 25.0 Å². The number of nitrogens with one attached hydrogen (secondary N) is 1. The number of aryl methyl sites for hydroxylation is 1. The standard InChI is InChI=1S/C23H35N3O4S/c27-22(24-15-7-17-25-16-4-1-3-8-23(25)28)14-11-20-9-12-21(13-10-20)31(29,30)26-18-5-2-6-19-26/h9-10,12-13H,1-8,11,14-19H2,(H,24,27). The fourth-order valence-electron chi connectivity index (χ4n) is 4.20. The molecule has 31 heavy (non-hydrogen) atoms. The van der Waals surface area contributed by atoms with Crippen molar-refractivity contribution in [1.82, 2.24) is 14.5 Å². The molecule has 2 heterocycles. The number of likely N-dealkylation sites (tertiary alicyclic amines) is 1. The molecule has 1 aromatic rings. The van der Waals surface area contributed by atoms with Crippen molar-refractivity contribution in [2.45, 2.75) is 69.1 Å². The van der Waals surface area contributed by atoms with Crippen molar-refractivity contribution >= 4 is 21.8 Å². The van der Waals surface area contributed by atoms with Gasteiger partial charge in [-0.3, -0.25) is 9.59 Å². The topological polar surface area (TPSA) is 86.8 Å². The third-order valence-corrected chi connectivity index (χ3v) is 8.03. The van der Waals surface area contributed by atoms with Crippen LogP contribution in [-0.4, -0.2) is 62.2 Å². The number of benzene rings is 1. The van der Waals surface area contributed by atoms with E-state index in [4.69, 9.17) is 0 Å². The van der Waals surface area contributed by atoms with Gasteiger partial charge in [0.25, 0.3) is 0 Å². The minimum absolute atomic E-state index is 0.0211. The lowest BCUT2D eigenvalue weighted by molar-refractivity contribution is -0.130. The molecule has 3 rings (SSSR count). The van der Waals surface area contributed by atoms with E-state index >= 15 is 0 Å². The van der Waals surface area contributed by atoms with Gasteiger partial charge in [0.05, 0.1) is 4.90 Å². The first-order chi connectivity index (χ1) is 15.0. The second-order valence-corrected chi connectivity index (χ2v) is 10.4. The van der Waals surface area contributed by atoms with Crippen LogP contribution < -0.4 is 5.32 Å². The molecule has 0 aliphatic carbocycles. The lowest BCUT2D eigenvalue weighted by atomic mass is 10.1. The molecule has 2 aliphatic rings. The zero-order chi connectivity index (χ0) is 22.1. The second-order valence-electron chi connectivity index (χ2n) is 8.50. The van der Waals surface area contributed by atoms with E-state index in [1.807, 2.05) is 4.90 Å². The van der Waals surface area contributed by atoms with Crippen LogP contribution >= 0.6 is 0 Å². The summed E-state index contributed by atoms with van der Waals surface area (Å²) in [5, 5.41) is 2.92. The Morgan fingerprint density at radius 1 is 0.935 bits per heavy atom. The van der Waals surface area contributed by atoms with Crippen LogP contribution in [0.1, 0.15) is 63.4 Å². The van der Waals surface area contributed by atoms with Crippen LogP contribution in [0.25, 0.3) is 0 Å².